The molecule has 3 aromatic carbocycles. The Balaban J connectivity index is 2.08. The summed E-state index contributed by atoms with van der Waals surface area (Å²) in [6.45, 7) is -0.111. The minimum Gasteiger partial charge on any atom is -0.375 e. The minimum absolute atomic E-state index is 0.111. The van der Waals surface area contributed by atoms with E-state index >= 15 is 0 Å². The zero-order chi connectivity index (χ0) is 17.8. The third-order valence-electron chi connectivity index (χ3n) is 4.25. The third kappa shape index (κ3) is 3.61. The van der Waals surface area contributed by atoms with E-state index in [0.29, 0.717) is 6.42 Å². The standard InChI is InChI=1S/C20H20N2O3/c1-25-12-19(23)22-18(20(21)24)11-17-15-8-4-2-6-13(15)10-14-7-3-5-9-16(14)17/h2-10,18H,11-12H2,1H3,(H2,21,24)(H,22,23)/t18-/m1/s1. The highest BCUT2D eigenvalue weighted by Gasteiger charge is 2.21. The second-order valence-corrected chi connectivity index (χ2v) is 5.96. The number of rotatable bonds is 6. The highest BCUT2D eigenvalue weighted by Crippen LogP contribution is 2.29. The Hall–Kier alpha value is -2.92. The van der Waals surface area contributed by atoms with E-state index in [-0.39, 0.29) is 12.5 Å². The molecule has 128 valence electrons. The second kappa shape index (κ2) is 7.32. The van der Waals surface area contributed by atoms with Crippen LogP contribution in [-0.4, -0.2) is 31.6 Å². The van der Waals surface area contributed by atoms with Gasteiger partial charge >= 0.3 is 0 Å². The molecule has 0 radical (unpaired) electrons. The molecular weight excluding hydrogens is 316 g/mol. The SMILES string of the molecule is COCC(=O)N[C@H](Cc1c2ccccc2cc2ccccc12)C(N)=O. The van der Waals surface area contributed by atoms with Gasteiger partial charge in [-0.2, -0.15) is 0 Å². The molecule has 3 N–H and O–H groups in total. The van der Waals surface area contributed by atoms with Crippen molar-refractivity contribution >= 4 is 33.4 Å². The summed E-state index contributed by atoms with van der Waals surface area (Å²) in [7, 11) is 1.43. The van der Waals surface area contributed by atoms with Crippen molar-refractivity contribution in [2.45, 2.75) is 12.5 Å². The molecule has 0 aliphatic rings. The van der Waals surface area contributed by atoms with Crippen LogP contribution in [0.25, 0.3) is 21.5 Å². The molecule has 3 rings (SSSR count). The van der Waals surface area contributed by atoms with E-state index in [1.165, 1.54) is 7.11 Å². The van der Waals surface area contributed by atoms with Crippen molar-refractivity contribution in [1.82, 2.24) is 5.32 Å². The number of nitrogens with one attached hydrogen (secondary N) is 1. The molecule has 25 heavy (non-hydrogen) atoms. The molecule has 0 unspecified atom stereocenters. The highest BCUT2D eigenvalue weighted by molar-refractivity contribution is 6.03. The molecule has 1 atom stereocenters. The summed E-state index contributed by atoms with van der Waals surface area (Å²) in [6, 6.07) is 17.3. The van der Waals surface area contributed by atoms with Crippen LogP contribution in [-0.2, 0) is 20.7 Å². The number of hydrogen-bond donors (Lipinski definition) is 2. The number of hydrogen-bond acceptors (Lipinski definition) is 3. The van der Waals surface area contributed by atoms with Crippen molar-refractivity contribution in [3.8, 4) is 0 Å². The fourth-order valence-electron chi connectivity index (χ4n) is 3.12. The number of amides is 2. The van der Waals surface area contributed by atoms with Crippen LogP contribution < -0.4 is 11.1 Å². The fraction of sp³-hybridized carbons (Fsp3) is 0.200. The Bertz CT molecular complexity index is 883. The van der Waals surface area contributed by atoms with Crippen molar-refractivity contribution in [3.63, 3.8) is 0 Å². The number of nitrogens with two attached hydrogens (primary N) is 1. The maximum atomic E-state index is 11.9. The van der Waals surface area contributed by atoms with Crippen LogP contribution in [0.3, 0.4) is 0 Å². The molecule has 2 amide bonds. The summed E-state index contributed by atoms with van der Waals surface area (Å²) in [5.41, 5.74) is 6.52. The molecule has 0 saturated heterocycles. The van der Waals surface area contributed by atoms with E-state index in [1.807, 2.05) is 48.5 Å². The van der Waals surface area contributed by atoms with Gasteiger partial charge in [-0.15, -0.1) is 0 Å². The molecule has 5 heteroatoms. The predicted octanol–water partition coefficient (Wildman–Crippen LogP) is 2.15. The highest BCUT2D eigenvalue weighted by atomic mass is 16.5. The van der Waals surface area contributed by atoms with Gasteiger partial charge < -0.3 is 15.8 Å². The van der Waals surface area contributed by atoms with Crippen LogP contribution >= 0.6 is 0 Å². The lowest BCUT2D eigenvalue weighted by molar-refractivity contribution is -0.129. The summed E-state index contributed by atoms with van der Waals surface area (Å²) >= 11 is 0. The van der Waals surface area contributed by atoms with Gasteiger partial charge in [-0.1, -0.05) is 48.5 Å². The van der Waals surface area contributed by atoms with Crippen molar-refractivity contribution in [2.24, 2.45) is 5.73 Å². The number of fused-ring (bicyclic) bond motifs is 2. The van der Waals surface area contributed by atoms with E-state index in [0.717, 1.165) is 27.1 Å². The first kappa shape index (κ1) is 16.9. The lowest BCUT2D eigenvalue weighted by atomic mass is 9.92. The van der Waals surface area contributed by atoms with Gasteiger partial charge in [-0.05, 0) is 33.2 Å². The molecule has 3 aromatic rings. The molecular formula is C20H20N2O3. The minimum atomic E-state index is -0.795. The Morgan fingerprint density at radius 1 is 1.04 bits per heavy atom. The molecule has 0 spiro atoms. The van der Waals surface area contributed by atoms with E-state index in [1.54, 1.807) is 0 Å². The number of ether oxygens (including phenoxy) is 1. The average molecular weight is 336 g/mol. The topological polar surface area (TPSA) is 81.4 Å². The first-order chi connectivity index (χ1) is 12.1. The van der Waals surface area contributed by atoms with Gasteiger partial charge in [0.15, 0.2) is 0 Å². The molecule has 0 aliphatic heterocycles. The second-order valence-electron chi connectivity index (χ2n) is 5.96. The maximum absolute atomic E-state index is 11.9. The molecule has 0 heterocycles. The van der Waals surface area contributed by atoms with Gasteiger partial charge in [-0.3, -0.25) is 9.59 Å². The predicted molar refractivity (Wildman–Crippen MR) is 98.2 cm³/mol. The summed E-state index contributed by atoms with van der Waals surface area (Å²) in [5.74, 6) is -0.933. The van der Waals surface area contributed by atoms with Gasteiger partial charge in [0.05, 0.1) is 0 Å². The Labute approximate surface area is 145 Å². The van der Waals surface area contributed by atoms with E-state index < -0.39 is 11.9 Å². The van der Waals surface area contributed by atoms with Crippen LogP contribution in [0, 0.1) is 0 Å². The lowest BCUT2D eigenvalue weighted by Gasteiger charge is -2.18. The Morgan fingerprint density at radius 2 is 1.60 bits per heavy atom. The Morgan fingerprint density at radius 3 is 2.12 bits per heavy atom. The summed E-state index contributed by atoms with van der Waals surface area (Å²) in [6.07, 6.45) is 0.326. The Kier molecular flexibility index (Phi) is 4.95. The fourth-order valence-corrected chi connectivity index (χ4v) is 3.12. The monoisotopic (exact) mass is 336 g/mol. The van der Waals surface area contributed by atoms with Gasteiger partial charge in [0.25, 0.3) is 0 Å². The van der Waals surface area contributed by atoms with Gasteiger partial charge in [0, 0.05) is 13.5 Å². The van der Waals surface area contributed by atoms with Crippen molar-refractivity contribution < 1.29 is 14.3 Å². The van der Waals surface area contributed by atoms with Gasteiger partial charge in [0.1, 0.15) is 12.6 Å². The van der Waals surface area contributed by atoms with Gasteiger partial charge in [-0.25, -0.2) is 0 Å². The lowest BCUT2D eigenvalue weighted by Crippen LogP contribution is -2.47. The van der Waals surface area contributed by atoms with E-state index in [4.69, 9.17) is 10.5 Å². The van der Waals surface area contributed by atoms with Crippen molar-refractivity contribution in [3.05, 3.63) is 60.2 Å². The molecule has 0 fully saturated rings. The van der Waals surface area contributed by atoms with Gasteiger partial charge in [0.2, 0.25) is 11.8 Å². The van der Waals surface area contributed by atoms with Crippen LogP contribution in [0.5, 0.6) is 0 Å². The largest absolute Gasteiger partial charge is 0.375 e. The smallest absolute Gasteiger partial charge is 0.246 e. The summed E-state index contributed by atoms with van der Waals surface area (Å²) < 4.78 is 4.81. The number of carbonyl (C=O) groups is 2. The van der Waals surface area contributed by atoms with E-state index in [9.17, 15) is 9.59 Å². The van der Waals surface area contributed by atoms with Crippen molar-refractivity contribution in [1.29, 1.82) is 0 Å². The van der Waals surface area contributed by atoms with Crippen molar-refractivity contribution in [2.75, 3.05) is 13.7 Å². The molecule has 5 nitrogen and oxygen atoms in total. The number of primary amides is 1. The molecule has 0 bridgehead atoms. The maximum Gasteiger partial charge on any atom is 0.246 e. The normalized spacial score (nSPS) is 12.2. The summed E-state index contributed by atoms with van der Waals surface area (Å²) in [4.78, 5) is 23.7. The number of methoxy groups -OCH3 is 1. The first-order valence-electron chi connectivity index (χ1n) is 8.07. The summed E-state index contributed by atoms with van der Waals surface area (Å²) in [5, 5.41) is 6.93. The van der Waals surface area contributed by atoms with Crippen LogP contribution in [0.1, 0.15) is 5.56 Å². The third-order valence-corrected chi connectivity index (χ3v) is 4.25. The van der Waals surface area contributed by atoms with E-state index in [2.05, 4.69) is 11.4 Å². The zero-order valence-corrected chi connectivity index (χ0v) is 14.0. The van der Waals surface area contributed by atoms with Crippen LogP contribution in [0.15, 0.2) is 54.6 Å². The zero-order valence-electron chi connectivity index (χ0n) is 14.0. The number of benzene rings is 3. The first-order valence-corrected chi connectivity index (χ1v) is 8.07. The molecule has 0 saturated carbocycles. The van der Waals surface area contributed by atoms with Crippen LogP contribution in [0.2, 0.25) is 0 Å². The molecule has 0 aromatic heterocycles. The number of carbonyl (C=O) groups excluding carboxylic acids is 2. The quantitative estimate of drug-likeness (QED) is 0.677. The van der Waals surface area contributed by atoms with Crippen LogP contribution in [0.4, 0.5) is 0 Å². The average Bonchev–Trinajstić information content (AvgIpc) is 2.60. The molecule has 0 aliphatic carbocycles.